The van der Waals surface area contributed by atoms with E-state index in [1.54, 1.807) is 6.07 Å². The van der Waals surface area contributed by atoms with Crippen molar-refractivity contribution in [3.05, 3.63) is 23.2 Å². The highest BCUT2D eigenvalue weighted by Gasteiger charge is 2.43. The first kappa shape index (κ1) is 10.9. The lowest BCUT2D eigenvalue weighted by Gasteiger charge is -2.41. The van der Waals surface area contributed by atoms with E-state index in [0.717, 1.165) is 5.69 Å². The summed E-state index contributed by atoms with van der Waals surface area (Å²) in [6.45, 7) is 1.21. The van der Waals surface area contributed by atoms with Gasteiger partial charge in [-0.3, -0.25) is 4.79 Å². The molecule has 1 fully saturated rings. The van der Waals surface area contributed by atoms with Gasteiger partial charge >= 0.3 is 0 Å². The van der Waals surface area contributed by atoms with Crippen LogP contribution in [-0.2, 0) is 9.53 Å². The summed E-state index contributed by atoms with van der Waals surface area (Å²) in [6, 6.07) is 5.57. The monoisotopic (exact) mass is 252 g/mol. The van der Waals surface area contributed by atoms with Crippen LogP contribution < -0.4 is 10.6 Å². The lowest BCUT2D eigenvalue weighted by Crippen LogP contribution is -2.55. The molecular weight excluding hydrogens is 240 g/mol. The minimum atomic E-state index is -0.532. The van der Waals surface area contributed by atoms with Gasteiger partial charge in [0.15, 0.2) is 0 Å². The molecule has 1 aromatic rings. The second kappa shape index (κ2) is 3.89. The molecule has 90 valence electrons. The van der Waals surface area contributed by atoms with Gasteiger partial charge in [-0.2, -0.15) is 0 Å². The third-order valence-corrected chi connectivity index (χ3v) is 3.72. The quantitative estimate of drug-likeness (QED) is 0.745. The Morgan fingerprint density at radius 1 is 1.29 bits per heavy atom. The van der Waals surface area contributed by atoms with E-state index in [-0.39, 0.29) is 5.91 Å². The van der Waals surface area contributed by atoms with Crippen LogP contribution in [0.4, 0.5) is 11.4 Å². The van der Waals surface area contributed by atoms with Gasteiger partial charge in [0.25, 0.3) is 0 Å². The van der Waals surface area contributed by atoms with Gasteiger partial charge in [-0.1, -0.05) is 17.7 Å². The van der Waals surface area contributed by atoms with Crippen molar-refractivity contribution < 1.29 is 9.53 Å². The zero-order valence-corrected chi connectivity index (χ0v) is 10.0. The Hall–Kier alpha value is -1.26. The van der Waals surface area contributed by atoms with Crippen LogP contribution in [0.3, 0.4) is 0 Å². The second-order valence-corrected chi connectivity index (χ2v) is 4.84. The maximum absolute atomic E-state index is 12.2. The predicted octanol–water partition coefficient (Wildman–Crippen LogP) is 2.25. The van der Waals surface area contributed by atoms with Gasteiger partial charge in [-0.05, 0) is 12.1 Å². The minimum Gasteiger partial charge on any atom is -0.381 e. The molecule has 0 aromatic heterocycles. The van der Waals surface area contributed by atoms with Crippen molar-refractivity contribution in [3.63, 3.8) is 0 Å². The van der Waals surface area contributed by atoms with Gasteiger partial charge in [0, 0.05) is 26.1 Å². The molecule has 0 radical (unpaired) electrons. The third kappa shape index (κ3) is 1.68. The molecule has 1 amide bonds. The molecular formula is C12H13ClN2O2. The number of para-hydroxylation sites is 1. The van der Waals surface area contributed by atoms with E-state index in [1.807, 2.05) is 12.1 Å². The maximum atomic E-state index is 12.2. The molecule has 0 atom stereocenters. The van der Waals surface area contributed by atoms with E-state index in [0.29, 0.717) is 36.8 Å². The van der Waals surface area contributed by atoms with Crippen LogP contribution in [0, 0.1) is 0 Å². The normalized spacial score (nSPS) is 21.6. The Morgan fingerprint density at radius 3 is 2.82 bits per heavy atom. The molecule has 2 heterocycles. The first-order chi connectivity index (χ1) is 8.21. The summed E-state index contributed by atoms with van der Waals surface area (Å²) < 4.78 is 5.31. The molecule has 0 bridgehead atoms. The fourth-order valence-corrected chi connectivity index (χ4v) is 2.60. The molecule has 1 spiro atoms. The van der Waals surface area contributed by atoms with Gasteiger partial charge < -0.3 is 15.4 Å². The third-order valence-electron chi connectivity index (χ3n) is 3.41. The van der Waals surface area contributed by atoms with Crippen LogP contribution in [0.1, 0.15) is 12.8 Å². The maximum Gasteiger partial charge on any atom is 0.250 e. The number of fused-ring (bicyclic) bond motifs is 1. The molecule has 0 unspecified atom stereocenters. The number of ether oxygens (including phenoxy) is 1. The van der Waals surface area contributed by atoms with Crippen molar-refractivity contribution in [2.24, 2.45) is 0 Å². The Labute approximate surface area is 104 Å². The topological polar surface area (TPSA) is 50.4 Å². The average molecular weight is 253 g/mol. The number of benzene rings is 1. The highest BCUT2D eigenvalue weighted by Crippen LogP contribution is 2.39. The van der Waals surface area contributed by atoms with Crippen LogP contribution in [-0.4, -0.2) is 24.7 Å². The summed E-state index contributed by atoms with van der Waals surface area (Å²) in [5, 5.41) is 6.79. The van der Waals surface area contributed by atoms with Crippen molar-refractivity contribution in [1.29, 1.82) is 0 Å². The standard InChI is InChI=1S/C12H13ClN2O2/c13-8-2-1-3-9-10(8)14-11(16)12(15-9)4-6-17-7-5-12/h1-3,15H,4-7H2,(H,14,16). The minimum absolute atomic E-state index is 0.0126. The molecule has 0 aliphatic carbocycles. The number of nitrogens with one attached hydrogen (secondary N) is 2. The molecule has 2 N–H and O–H groups in total. The predicted molar refractivity (Wildman–Crippen MR) is 66.5 cm³/mol. The number of anilines is 2. The lowest BCUT2D eigenvalue weighted by molar-refractivity contribution is -0.123. The molecule has 0 saturated carbocycles. The Bertz CT molecular complexity index is 470. The van der Waals surface area contributed by atoms with E-state index in [2.05, 4.69) is 10.6 Å². The number of hydrogen-bond donors (Lipinski definition) is 2. The van der Waals surface area contributed by atoms with Crippen molar-refractivity contribution in [1.82, 2.24) is 0 Å². The fraction of sp³-hybridized carbons (Fsp3) is 0.417. The van der Waals surface area contributed by atoms with E-state index in [1.165, 1.54) is 0 Å². The summed E-state index contributed by atoms with van der Waals surface area (Å²) in [6.07, 6.45) is 1.37. The van der Waals surface area contributed by atoms with Crippen molar-refractivity contribution in [2.45, 2.75) is 18.4 Å². The Kier molecular flexibility index (Phi) is 2.49. The highest BCUT2D eigenvalue weighted by molar-refractivity contribution is 6.35. The van der Waals surface area contributed by atoms with Gasteiger partial charge in [0.2, 0.25) is 5.91 Å². The lowest BCUT2D eigenvalue weighted by atomic mass is 9.86. The van der Waals surface area contributed by atoms with Gasteiger partial charge in [0.1, 0.15) is 5.54 Å². The molecule has 4 nitrogen and oxygen atoms in total. The smallest absolute Gasteiger partial charge is 0.250 e. The second-order valence-electron chi connectivity index (χ2n) is 4.44. The largest absolute Gasteiger partial charge is 0.381 e. The summed E-state index contributed by atoms with van der Waals surface area (Å²) in [5.41, 5.74) is 1.03. The SMILES string of the molecule is O=C1Nc2c(Cl)cccc2NC12CCOCC2. The molecule has 2 aliphatic heterocycles. The number of halogens is 1. The first-order valence-corrected chi connectivity index (χ1v) is 6.05. The zero-order chi connectivity index (χ0) is 11.9. The number of carbonyl (C=O) groups excluding carboxylic acids is 1. The molecule has 3 rings (SSSR count). The van der Waals surface area contributed by atoms with Gasteiger partial charge in [-0.15, -0.1) is 0 Å². The van der Waals surface area contributed by atoms with Crippen LogP contribution in [0.2, 0.25) is 5.02 Å². The number of amides is 1. The van der Waals surface area contributed by atoms with Crippen LogP contribution in [0.15, 0.2) is 18.2 Å². The summed E-state index contributed by atoms with van der Waals surface area (Å²) in [5.74, 6) is -0.0126. The molecule has 17 heavy (non-hydrogen) atoms. The van der Waals surface area contributed by atoms with E-state index in [9.17, 15) is 4.79 Å². The van der Waals surface area contributed by atoms with Gasteiger partial charge in [0.05, 0.1) is 16.4 Å². The van der Waals surface area contributed by atoms with E-state index in [4.69, 9.17) is 16.3 Å². The summed E-state index contributed by atoms with van der Waals surface area (Å²) in [7, 11) is 0. The summed E-state index contributed by atoms with van der Waals surface area (Å²) in [4.78, 5) is 12.2. The van der Waals surface area contributed by atoms with E-state index >= 15 is 0 Å². The van der Waals surface area contributed by atoms with Crippen molar-refractivity contribution >= 4 is 28.9 Å². The van der Waals surface area contributed by atoms with Gasteiger partial charge in [-0.25, -0.2) is 0 Å². The van der Waals surface area contributed by atoms with Crippen molar-refractivity contribution in [3.8, 4) is 0 Å². The zero-order valence-electron chi connectivity index (χ0n) is 9.25. The van der Waals surface area contributed by atoms with Crippen molar-refractivity contribution in [2.75, 3.05) is 23.8 Å². The summed E-state index contributed by atoms with van der Waals surface area (Å²) >= 11 is 6.06. The Balaban J connectivity index is 2.00. The highest BCUT2D eigenvalue weighted by atomic mass is 35.5. The molecule has 5 heteroatoms. The molecule has 2 aliphatic rings. The average Bonchev–Trinajstić information content (AvgIpc) is 2.33. The van der Waals surface area contributed by atoms with Crippen LogP contribution in [0.5, 0.6) is 0 Å². The van der Waals surface area contributed by atoms with Crippen LogP contribution in [0.25, 0.3) is 0 Å². The van der Waals surface area contributed by atoms with Crippen LogP contribution >= 0.6 is 11.6 Å². The molecule has 1 aromatic carbocycles. The Morgan fingerprint density at radius 2 is 2.06 bits per heavy atom. The number of hydrogen-bond acceptors (Lipinski definition) is 3. The molecule has 1 saturated heterocycles. The fourth-order valence-electron chi connectivity index (χ4n) is 2.37. The number of rotatable bonds is 0. The number of carbonyl (C=O) groups is 1. The first-order valence-electron chi connectivity index (χ1n) is 5.67. The van der Waals surface area contributed by atoms with E-state index < -0.39 is 5.54 Å².